The molecule has 1 unspecified atom stereocenters. The average Bonchev–Trinajstić information content (AvgIpc) is 3.06. The summed E-state index contributed by atoms with van der Waals surface area (Å²) in [4.78, 5) is 13.2. The van der Waals surface area contributed by atoms with Crippen molar-refractivity contribution in [2.75, 3.05) is 0 Å². The predicted molar refractivity (Wildman–Crippen MR) is 104 cm³/mol. The van der Waals surface area contributed by atoms with Crippen molar-refractivity contribution in [3.63, 3.8) is 0 Å². The Morgan fingerprint density at radius 2 is 1.81 bits per heavy atom. The van der Waals surface area contributed by atoms with E-state index in [1.54, 1.807) is 0 Å². The summed E-state index contributed by atoms with van der Waals surface area (Å²) in [6, 6.07) is 17.7. The van der Waals surface area contributed by atoms with Gasteiger partial charge in [0, 0.05) is 5.39 Å². The maximum Gasteiger partial charge on any atom is 0.229 e. The predicted octanol–water partition coefficient (Wildman–Crippen LogP) is 5.15. The Morgan fingerprint density at radius 1 is 1.12 bits per heavy atom. The van der Waals surface area contributed by atoms with Crippen LogP contribution in [0.1, 0.15) is 57.2 Å². The van der Waals surface area contributed by atoms with Crippen molar-refractivity contribution in [1.29, 1.82) is 0 Å². The van der Waals surface area contributed by atoms with Crippen molar-refractivity contribution in [2.45, 2.75) is 51.5 Å². The van der Waals surface area contributed by atoms with E-state index in [-0.39, 0.29) is 11.8 Å². The number of amides is 1. The van der Waals surface area contributed by atoms with Gasteiger partial charge in [0.2, 0.25) is 5.91 Å². The van der Waals surface area contributed by atoms with Gasteiger partial charge in [-0.25, -0.2) is 0 Å². The third-order valence-corrected chi connectivity index (χ3v) is 4.83. The number of fused-ring (bicyclic) bond motifs is 1. The maximum atomic E-state index is 13.2. The highest BCUT2D eigenvalue weighted by atomic mass is 16.5. The lowest BCUT2D eigenvalue weighted by molar-refractivity contribution is -0.124. The standard InChI is InChI=1S/C22H26N2O2/c1-4-5-13-18(20-17-14-9-10-15-19(17)26-24-20)21(25)23-22(2,3)16-11-7-6-8-12-16/h6-12,14-15,18H,4-5,13H2,1-3H3,(H,23,25). The molecule has 0 saturated carbocycles. The molecule has 0 radical (unpaired) electrons. The van der Waals surface area contributed by atoms with Gasteiger partial charge in [0.05, 0.1) is 11.5 Å². The van der Waals surface area contributed by atoms with Crippen molar-refractivity contribution >= 4 is 16.9 Å². The minimum Gasteiger partial charge on any atom is -0.356 e. The van der Waals surface area contributed by atoms with E-state index in [4.69, 9.17) is 4.52 Å². The lowest BCUT2D eigenvalue weighted by Crippen LogP contribution is -2.43. The molecule has 0 spiro atoms. The smallest absolute Gasteiger partial charge is 0.229 e. The van der Waals surface area contributed by atoms with Crippen LogP contribution in [-0.4, -0.2) is 11.1 Å². The number of unbranched alkanes of at least 4 members (excludes halogenated alkanes) is 1. The molecule has 0 aliphatic carbocycles. The lowest BCUT2D eigenvalue weighted by Gasteiger charge is -2.29. The van der Waals surface area contributed by atoms with E-state index in [9.17, 15) is 4.79 Å². The summed E-state index contributed by atoms with van der Waals surface area (Å²) in [5, 5.41) is 8.37. The Labute approximate surface area is 154 Å². The maximum absolute atomic E-state index is 13.2. The van der Waals surface area contributed by atoms with Gasteiger partial charge in [0.15, 0.2) is 5.58 Å². The Kier molecular flexibility index (Phi) is 5.40. The molecule has 1 amide bonds. The topological polar surface area (TPSA) is 55.1 Å². The van der Waals surface area contributed by atoms with Crippen molar-refractivity contribution in [3.8, 4) is 0 Å². The van der Waals surface area contributed by atoms with Gasteiger partial charge in [0.1, 0.15) is 5.69 Å². The Bertz CT molecular complexity index is 868. The van der Waals surface area contributed by atoms with Crippen LogP contribution in [0.4, 0.5) is 0 Å². The number of benzene rings is 2. The van der Waals surface area contributed by atoms with Crippen molar-refractivity contribution in [2.24, 2.45) is 0 Å². The van der Waals surface area contributed by atoms with Crippen LogP contribution in [0.25, 0.3) is 11.0 Å². The van der Waals surface area contributed by atoms with Crippen LogP contribution in [0.5, 0.6) is 0 Å². The zero-order valence-electron chi connectivity index (χ0n) is 15.7. The van der Waals surface area contributed by atoms with Gasteiger partial charge in [-0.1, -0.05) is 67.4 Å². The highest BCUT2D eigenvalue weighted by molar-refractivity contribution is 5.90. The Morgan fingerprint density at radius 3 is 2.54 bits per heavy atom. The monoisotopic (exact) mass is 350 g/mol. The number of nitrogens with zero attached hydrogens (tertiary/aromatic N) is 1. The molecule has 0 bridgehead atoms. The van der Waals surface area contributed by atoms with E-state index in [0.29, 0.717) is 0 Å². The SMILES string of the molecule is CCCCC(C(=O)NC(C)(C)c1ccccc1)c1noc2ccccc12. The van der Waals surface area contributed by atoms with Crippen LogP contribution in [-0.2, 0) is 10.3 Å². The number of carbonyl (C=O) groups excluding carboxylic acids is 1. The first-order chi connectivity index (χ1) is 12.5. The fraction of sp³-hybridized carbons (Fsp3) is 0.364. The molecule has 1 aromatic heterocycles. The van der Waals surface area contributed by atoms with E-state index in [0.717, 1.165) is 41.5 Å². The number of hydrogen-bond acceptors (Lipinski definition) is 3. The third kappa shape index (κ3) is 3.79. The van der Waals surface area contributed by atoms with Gasteiger partial charge in [-0.15, -0.1) is 0 Å². The molecule has 2 aromatic carbocycles. The summed E-state index contributed by atoms with van der Waals surface area (Å²) in [6.07, 6.45) is 2.75. The molecule has 1 N–H and O–H groups in total. The average molecular weight is 350 g/mol. The molecule has 4 nitrogen and oxygen atoms in total. The van der Waals surface area contributed by atoms with Crippen LogP contribution in [0.3, 0.4) is 0 Å². The molecule has 0 saturated heterocycles. The first-order valence-corrected chi connectivity index (χ1v) is 9.25. The van der Waals surface area contributed by atoms with E-state index in [1.165, 1.54) is 0 Å². The van der Waals surface area contributed by atoms with Crippen molar-refractivity contribution < 1.29 is 9.32 Å². The number of rotatable bonds is 7. The lowest BCUT2D eigenvalue weighted by atomic mass is 9.90. The molecule has 0 aliphatic rings. The van der Waals surface area contributed by atoms with Gasteiger partial charge in [-0.3, -0.25) is 4.79 Å². The summed E-state index contributed by atoms with van der Waals surface area (Å²) in [6.45, 7) is 6.18. The van der Waals surface area contributed by atoms with Gasteiger partial charge in [0.25, 0.3) is 0 Å². The molecule has 0 aliphatic heterocycles. The summed E-state index contributed by atoms with van der Waals surface area (Å²) in [5.74, 6) is -0.326. The quantitative estimate of drug-likeness (QED) is 0.641. The fourth-order valence-electron chi connectivity index (χ4n) is 3.28. The second-order valence-electron chi connectivity index (χ2n) is 7.24. The molecule has 136 valence electrons. The molecule has 1 atom stereocenters. The zero-order chi connectivity index (χ0) is 18.6. The highest BCUT2D eigenvalue weighted by Gasteiger charge is 2.30. The first kappa shape index (κ1) is 18.2. The van der Waals surface area contributed by atoms with Crippen LogP contribution < -0.4 is 5.32 Å². The van der Waals surface area contributed by atoms with Gasteiger partial charge < -0.3 is 9.84 Å². The van der Waals surface area contributed by atoms with E-state index >= 15 is 0 Å². The van der Waals surface area contributed by atoms with Crippen LogP contribution in [0.2, 0.25) is 0 Å². The number of hydrogen-bond donors (Lipinski definition) is 1. The second-order valence-corrected chi connectivity index (χ2v) is 7.24. The summed E-state index contributed by atoms with van der Waals surface area (Å²) in [5.41, 5.74) is 2.07. The first-order valence-electron chi connectivity index (χ1n) is 9.25. The summed E-state index contributed by atoms with van der Waals surface area (Å²) in [7, 11) is 0. The summed E-state index contributed by atoms with van der Waals surface area (Å²) >= 11 is 0. The molecular formula is C22H26N2O2. The zero-order valence-corrected chi connectivity index (χ0v) is 15.7. The highest BCUT2D eigenvalue weighted by Crippen LogP contribution is 2.30. The summed E-state index contributed by atoms with van der Waals surface area (Å²) < 4.78 is 5.44. The molecule has 26 heavy (non-hydrogen) atoms. The van der Waals surface area contributed by atoms with E-state index < -0.39 is 5.54 Å². The van der Waals surface area contributed by atoms with E-state index in [2.05, 4.69) is 17.4 Å². The molecule has 3 aromatic rings. The molecule has 1 heterocycles. The molecule has 0 fully saturated rings. The molecule has 4 heteroatoms. The largest absolute Gasteiger partial charge is 0.356 e. The molecular weight excluding hydrogens is 324 g/mol. The van der Waals surface area contributed by atoms with Crippen LogP contribution >= 0.6 is 0 Å². The second kappa shape index (κ2) is 7.73. The Hall–Kier alpha value is -2.62. The van der Waals surface area contributed by atoms with Crippen molar-refractivity contribution in [3.05, 3.63) is 65.9 Å². The minimum atomic E-state index is -0.456. The van der Waals surface area contributed by atoms with Crippen LogP contribution in [0, 0.1) is 0 Å². The number of carbonyl (C=O) groups is 1. The fourth-order valence-corrected chi connectivity index (χ4v) is 3.28. The minimum absolute atomic E-state index is 0.00800. The van der Waals surface area contributed by atoms with Gasteiger partial charge >= 0.3 is 0 Å². The number of para-hydroxylation sites is 1. The normalized spacial score (nSPS) is 12.9. The van der Waals surface area contributed by atoms with Gasteiger partial charge in [-0.05, 0) is 38.0 Å². The molecule has 3 rings (SSSR count). The van der Waals surface area contributed by atoms with Gasteiger partial charge in [-0.2, -0.15) is 0 Å². The Balaban J connectivity index is 1.89. The van der Waals surface area contributed by atoms with E-state index in [1.807, 2.05) is 68.4 Å². The van der Waals surface area contributed by atoms with Crippen molar-refractivity contribution in [1.82, 2.24) is 10.5 Å². The number of aromatic nitrogens is 1. The third-order valence-electron chi connectivity index (χ3n) is 4.83. The number of nitrogens with one attached hydrogen (secondary N) is 1. The van der Waals surface area contributed by atoms with Crippen LogP contribution in [0.15, 0.2) is 59.1 Å².